The van der Waals surface area contributed by atoms with Crippen LogP contribution in [0.15, 0.2) is 49.2 Å². The summed E-state index contributed by atoms with van der Waals surface area (Å²) in [6, 6.07) is 0. The molecule has 0 atom stereocenters. The minimum Gasteiger partial charge on any atom is -0.329 e. The summed E-state index contributed by atoms with van der Waals surface area (Å²) in [5, 5.41) is 2.49. The molecule has 0 unspecified atom stereocenters. The quantitative estimate of drug-likeness (QED) is 0.466. The van der Waals surface area contributed by atoms with E-state index in [1.165, 1.54) is 0 Å². The van der Waals surface area contributed by atoms with Gasteiger partial charge in [0.1, 0.15) is 0 Å². The second-order valence-corrected chi connectivity index (χ2v) is 1.71. The monoisotopic (exact) mass is 149 g/mol. The van der Waals surface area contributed by atoms with Gasteiger partial charge in [-0.3, -0.25) is 4.79 Å². The fourth-order valence-corrected chi connectivity index (χ4v) is 0.518. The molecule has 0 saturated carbocycles. The SMILES string of the molecule is C=C/C=C\C(=C/C=C)NC=O. The smallest absolute Gasteiger partial charge is 0.211 e. The maximum absolute atomic E-state index is 10.0. The fourth-order valence-electron chi connectivity index (χ4n) is 0.518. The normalized spacial score (nSPS) is 11.1. The predicted octanol–water partition coefficient (Wildman–Crippen LogP) is 1.54. The minimum absolute atomic E-state index is 0.614. The molecule has 11 heavy (non-hydrogen) atoms. The zero-order valence-corrected chi connectivity index (χ0v) is 6.29. The van der Waals surface area contributed by atoms with Gasteiger partial charge in [0, 0.05) is 5.70 Å². The zero-order valence-electron chi connectivity index (χ0n) is 6.29. The molecule has 0 aromatic carbocycles. The first-order valence-electron chi connectivity index (χ1n) is 3.17. The van der Waals surface area contributed by atoms with Gasteiger partial charge in [-0.25, -0.2) is 0 Å². The van der Waals surface area contributed by atoms with Crippen molar-refractivity contribution < 1.29 is 4.79 Å². The van der Waals surface area contributed by atoms with Gasteiger partial charge < -0.3 is 5.32 Å². The number of carbonyl (C=O) groups is 1. The minimum atomic E-state index is 0.614. The molecule has 58 valence electrons. The van der Waals surface area contributed by atoms with Crippen molar-refractivity contribution in [1.29, 1.82) is 0 Å². The van der Waals surface area contributed by atoms with E-state index in [0.29, 0.717) is 12.1 Å². The molecule has 0 aliphatic carbocycles. The molecule has 0 aromatic heterocycles. The first kappa shape index (κ1) is 9.43. The second kappa shape index (κ2) is 6.55. The van der Waals surface area contributed by atoms with Gasteiger partial charge in [0.25, 0.3) is 0 Å². The van der Waals surface area contributed by atoms with Crippen molar-refractivity contribution in [3.8, 4) is 0 Å². The summed E-state index contributed by atoms with van der Waals surface area (Å²) in [6.07, 6.45) is 8.98. The van der Waals surface area contributed by atoms with E-state index in [1.54, 1.807) is 30.4 Å². The van der Waals surface area contributed by atoms with Gasteiger partial charge >= 0.3 is 0 Å². The summed E-state index contributed by atoms with van der Waals surface area (Å²) < 4.78 is 0. The molecule has 1 N–H and O–H groups in total. The standard InChI is InChI=1S/C9H11NO/c1-3-5-7-9(6-4-2)10-8-11/h3-8H,1-2H2,(H,10,11)/b7-5-,9-6+. The van der Waals surface area contributed by atoms with E-state index in [4.69, 9.17) is 0 Å². The molecule has 0 fully saturated rings. The Bertz CT molecular complexity index is 202. The topological polar surface area (TPSA) is 29.1 Å². The molecule has 0 aliphatic rings. The van der Waals surface area contributed by atoms with Crippen molar-refractivity contribution in [2.45, 2.75) is 0 Å². The van der Waals surface area contributed by atoms with Crippen molar-refractivity contribution in [3.63, 3.8) is 0 Å². The van der Waals surface area contributed by atoms with Crippen LogP contribution in [0.2, 0.25) is 0 Å². The molecule has 0 bridgehead atoms. The zero-order chi connectivity index (χ0) is 8.53. The van der Waals surface area contributed by atoms with Gasteiger partial charge in [0.05, 0.1) is 0 Å². The third-order valence-corrected chi connectivity index (χ3v) is 0.935. The second-order valence-electron chi connectivity index (χ2n) is 1.71. The molecule has 0 rings (SSSR count). The van der Waals surface area contributed by atoms with Crippen molar-refractivity contribution in [1.82, 2.24) is 5.32 Å². The summed E-state index contributed by atoms with van der Waals surface area (Å²) in [5.41, 5.74) is 0.690. The van der Waals surface area contributed by atoms with Crippen LogP contribution < -0.4 is 5.32 Å². The summed E-state index contributed by atoms with van der Waals surface area (Å²) >= 11 is 0. The molecule has 0 aromatic rings. The third-order valence-electron chi connectivity index (χ3n) is 0.935. The maximum Gasteiger partial charge on any atom is 0.211 e. The van der Waals surface area contributed by atoms with E-state index in [1.807, 2.05) is 0 Å². The Hall–Kier alpha value is -1.57. The molecule has 2 nitrogen and oxygen atoms in total. The van der Waals surface area contributed by atoms with Crippen molar-refractivity contribution >= 4 is 6.41 Å². The van der Waals surface area contributed by atoms with Gasteiger partial charge in [0.15, 0.2) is 0 Å². The lowest BCUT2D eigenvalue weighted by Crippen LogP contribution is -2.07. The van der Waals surface area contributed by atoms with Crippen LogP contribution in [0.1, 0.15) is 0 Å². The van der Waals surface area contributed by atoms with Crippen molar-refractivity contribution in [2.75, 3.05) is 0 Å². The predicted molar refractivity (Wildman–Crippen MR) is 46.8 cm³/mol. The first-order chi connectivity index (χ1) is 5.35. The van der Waals surface area contributed by atoms with E-state index >= 15 is 0 Å². The molecule has 0 spiro atoms. The fraction of sp³-hybridized carbons (Fsp3) is 0. The Morgan fingerprint density at radius 3 is 2.45 bits per heavy atom. The van der Waals surface area contributed by atoms with Crippen LogP contribution in [0.25, 0.3) is 0 Å². The third kappa shape index (κ3) is 4.90. The van der Waals surface area contributed by atoms with Gasteiger partial charge in [-0.15, -0.1) is 0 Å². The van der Waals surface area contributed by atoms with E-state index in [0.717, 1.165) is 0 Å². The number of amides is 1. The molecule has 0 saturated heterocycles. The summed E-state index contributed by atoms with van der Waals surface area (Å²) in [4.78, 5) is 10.0. The van der Waals surface area contributed by atoms with Gasteiger partial charge in [-0.1, -0.05) is 31.4 Å². The molecular formula is C9H11NO. The van der Waals surface area contributed by atoms with Crippen molar-refractivity contribution in [2.24, 2.45) is 0 Å². The van der Waals surface area contributed by atoms with Crippen LogP contribution >= 0.6 is 0 Å². The van der Waals surface area contributed by atoms with Crippen molar-refractivity contribution in [3.05, 3.63) is 49.2 Å². The summed E-state index contributed by atoms with van der Waals surface area (Å²) in [5.74, 6) is 0. The van der Waals surface area contributed by atoms with Crippen LogP contribution in [-0.4, -0.2) is 6.41 Å². The molecule has 0 aliphatic heterocycles. The maximum atomic E-state index is 10.0. The lowest BCUT2D eigenvalue weighted by Gasteiger charge is -1.94. The van der Waals surface area contributed by atoms with Crippen LogP contribution in [0.3, 0.4) is 0 Å². The largest absolute Gasteiger partial charge is 0.329 e. The Labute approximate surface area is 66.6 Å². The highest BCUT2D eigenvalue weighted by atomic mass is 16.1. The average Bonchev–Trinajstić information content (AvgIpc) is 2.01. The number of carbonyl (C=O) groups excluding carboxylic acids is 1. The Kier molecular flexibility index (Phi) is 5.61. The van der Waals surface area contributed by atoms with E-state index in [-0.39, 0.29) is 0 Å². The Morgan fingerprint density at radius 1 is 1.27 bits per heavy atom. The molecular weight excluding hydrogens is 138 g/mol. The Balaban J connectivity index is 4.20. The highest BCUT2D eigenvalue weighted by Crippen LogP contribution is 1.90. The van der Waals surface area contributed by atoms with Crippen LogP contribution in [0, 0.1) is 0 Å². The number of allylic oxidation sites excluding steroid dienone is 5. The van der Waals surface area contributed by atoms with Gasteiger partial charge in [-0.2, -0.15) is 0 Å². The van der Waals surface area contributed by atoms with Crippen LogP contribution in [-0.2, 0) is 4.79 Å². The number of rotatable bonds is 5. The first-order valence-corrected chi connectivity index (χ1v) is 3.17. The highest BCUT2D eigenvalue weighted by molar-refractivity contribution is 5.52. The van der Waals surface area contributed by atoms with Gasteiger partial charge in [-0.05, 0) is 12.2 Å². The molecule has 0 heterocycles. The Morgan fingerprint density at radius 2 is 2.00 bits per heavy atom. The average molecular weight is 149 g/mol. The van der Waals surface area contributed by atoms with E-state index in [2.05, 4.69) is 18.5 Å². The van der Waals surface area contributed by atoms with Crippen LogP contribution in [0.4, 0.5) is 0 Å². The number of nitrogens with one attached hydrogen (secondary N) is 1. The lowest BCUT2D eigenvalue weighted by atomic mass is 10.3. The van der Waals surface area contributed by atoms with Crippen LogP contribution in [0.5, 0.6) is 0 Å². The molecule has 1 amide bonds. The van der Waals surface area contributed by atoms with E-state index in [9.17, 15) is 4.79 Å². The summed E-state index contributed by atoms with van der Waals surface area (Å²) in [6.45, 7) is 7.00. The summed E-state index contributed by atoms with van der Waals surface area (Å²) in [7, 11) is 0. The molecule has 0 radical (unpaired) electrons. The number of hydrogen-bond donors (Lipinski definition) is 1. The lowest BCUT2D eigenvalue weighted by molar-refractivity contribution is -0.108. The highest BCUT2D eigenvalue weighted by Gasteiger charge is 1.83. The molecule has 2 heteroatoms. The van der Waals surface area contributed by atoms with Gasteiger partial charge in [0.2, 0.25) is 6.41 Å². The van der Waals surface area contributed by atoms with E-state index < -0.39 is 0 Å². The number of hydrogen-bond acceptors (Lipinski definition) is 1.